The monoisotopic (exact) mass is 142 g/mol. The molecule has 1 aromatic carbocycles. The van der Waals surface area contributed by atoms with Crippen LogP contribution in [0.25, 0.3) is 6.08 Å². The fraction of sp³-hybridized carbons (Fsp3) is 0.100. The van der Waals surface area contributed by atoms with Gasteiger partial charge in [0.1, 0.15) is 0 Å². The molecule has 0 amide bonds. The van der Waals surface area contributed by atoms with Crippen molar-refractivity contribution in [1.82, 2.24) is 0 Å². The molecule has 52 valence electrons. The van der Waals surface area contributed by atoms with E-state index in [2.05, 4.69) is 6.07 Å². The van der Waals surface area contributed by atoms with Crippen molar-refractivity contribution in [3.05, 3.63) is 41.5 Å². The molecule has 0 saturated carbocycles. The van der Waals surface area contributed by atoms with Gasteiger partial charge in [0.05, 0.1) is 12.0 Å². The second kappa shape index (κ2) is 2.25. The maximum Gasteiger partial charge on any atom is 1.00 e. The van der Waals surface area contributed by atoms with Crippen molar-refractivity contribution in [3.63, 3.8) is 0 Å². The first-order valence-corrected chi connectivity index (χ1v) is 3.58. The molecule has 0 spiro atoms. The quantitative estimate of drug-likeness (QED) is 0.545. The Balaban J connectivity index is 0.000000720. The Bertz CT molecular complexity index is 349. The maximum absolute atomic E-state index is 8.71. The van der Waals surface area contributed by atoms with Crippen LogP contribution in [0.5, 0.6) is 0 Å². The number of hydrogen-bond donors (Lipinski definition) is 0. The van der Waals surface area contributed by atoms with Gasteiger partial charge in [0.25, 0.3) is 0 Å². The summed E-state index contributed by atoms with van der Waals surface area (Å²) < 4.78 is 0. The Morgan fingerprint density at radius 1 is 1.36 bits per heavy atom. The van der Waals surface area contributed by atoms with Crippen molar-refractivity contribution in [1.29, 1.82) is 5.26 Å². The predicted octanol–water partition coefficient (Wildman–Crippen LogP) is 2.43. The summed E-state index contributed by atoms with van der Waals surface area (Å²) in [6.45, 7) is 0. The summed E-state index contributed by atoms with van der Waals surface area (Å²) in [6, 6.07) is 10.2. The smallest absolute Gasteiger partial charge is 0.197 e. The van der Waals surface area contributed by atoms with Crippen molar-refractivity contribution in [3.8, 4) is 6.07 Å². The van der Waals surface area contributed by atoms with E-state index in [-0.39, 0.29) is 7.34 Å². The van der Waals surface area contributed by atoms with E-state index in [4.69, 9.17) is 5.26 Å². The minimum atomic E-state index is -0.0220. The molecule has 0 aliphatic heterocycles. The van der Waals surface area contributed by atoms with Gasteiger partial charge in [0, 0.05) is 0 Å². The molecule has 2 rings (SSSR count). The fourth-order valence-corrected chi connectivity index (χ4v) is 1.36. The molecule has 1 aliphatic rings. The largest absolute Gasteiger partial charge is 1.00 e. The van der Waals surface area contributed by atoms with E-state index in [0.717, 1.165) is 5.56 Å². The Labute approximate surface area is 67.1 Å². The molecule has 0 aromatic heterocycles. The van der Waals surface area contributed by atoms with Gasteiger partial charge in [-0.1, -0.05) is 36.4 Å². The Kier molecular flexibility index (Phi) is 1.26. The van der Waals surface area contributed by atoms with E-state index < -0.39 is 0 Å². The van der Waals surface area contributed by atoms with E-state index in [1.54, 1.807) is 0 Å². The Hall–Kier alpha value is -1.55. The van der Waals surface area contributed by atoms with Crippen LogP contribution >= 0.6 is 0 Å². The lowest BCUT2D eigenvalue weighted by molar-refractivity contribution is 1.12. The molecule has 1 atom stereocenters. The zero-order valence-corrected chi connectivity index (χ0v) is 5.99. The predicted molar refractivity (Wildman–Crippen MR) is 44.9 cm³/mol. The second-order valence-corrected chi connectivity index (χ2v) is 2.59. The number of fused-ring (bicyclic) bond motifs is 1. The van der Waals surface area contributed by atoms with Crippen molar-refractivity contribution >= 4 is 6.08 Å². The standard InChI is InChI=1S/C10H7N/c11-7-9-6-5-8-3-1-2-4-10(8)9/h1-6,9H/p+1. The summed E-state index contributed by atoms with van der Waals surface area (Å²) in [5.74, 6) is -0.0220. The van der Waals surface area contributed by atoms with Gasteiger partial charge < -0.3 is 0 Å². The van der Waals surface area contributed by atoms with Crippen LogP contribution in [0.3, 0.4) is 0 Å². The zero-order chi connectivity index (χ0) is 7.68. The van der Waals surface area contributed by atoms with Gasteiger partial charge in [-0.05, 0) is 11.1 Å². The molecule has 0 bridgehead atoms. The van der Waals surface area contributed by atoms with Crippen LogP contribution in [-0.2, 0) is 0 Å². The van der Waals surface area contributed by atoms with Gasteiger partial charge in [0.15, 0.2) is 0 Å². The van der Waals surface area contributed by atoms with Gasteiger partial charge in [-0.15, -0.1) is 0 Å². The highest BCUT2D eigenvalue weighted by Gasteiger charge is 2.14. The summed E-state index contributed by atoms with van der Waals surface area (Å²) in [7, 11) is 0. The summed E-state index contributed by atoms with van der Waals surface area (Å²) in [5.41, 5.74) is 2.31. The summed E-state index contributed by atoms with van der Waals surface area (Å²) in [6.07, 6.45) is 3.94. The highest BCUT2D eigenvalue weighted by Crippen LogP contribution is 2.28. The Morgan fingerprint density at radius 3 is 3.00 bits per heavy atom. The maximum atomic E-state index is 8.71. The number of nitrogens with zero attached hydrogens (tertiary/aromatic N) is 1. The van der Waals surface area contributed by atoms with E-state index >= 15 is 0 Å². The van der Waals surface area contributed by atoms with E-state index in [9.17, 15) is 0 Å². The first-order valence-electron chi connectivity index (χ1n) is 3.58. The van der Waals surface area contributed by atoms with Crippen molar-refractivity contribution in [2.24, 2.45) is 0 Å². The van der Waals surface area contributed by atoms with Crippen LogP contribution in [0.1, 0.15) is 18.5 Å². The third-order valence-electron chi connectivity index (χ3n) is 1.94. The lowest BCUT2D eigenvalue weighted by Gasteiger charge is -1.99. The Morgan fingerprint density at radius 2 is 2.18 bits per heavy atom. The molecule has 0 N–H and O–H groups in total. The highest BCUT2D eigenvalue weighted by atomic mass is 14.3. The molecule has 1 unspecified atom stereocenters. The zero-order valence-electron chi connectivity index (χ0n) is 6.99. The average molecular weight is 142 g/mol. The molecule has 0 heterocycles. The lowest BCUT2D eigenvalue weighted by Crippen LogP contribution is -1.87. The van der Waals surface area contributed by atoms with Crippen LogP contribution in [-0.4, -0.2) is 0 Å². The van der Waals surface area contributed by atoms with E-state index in [1.807, 2.05) is 36.4 Å². The van der Waals surface area contributed by atoms with E-state index in [0.29, 0.717) is 0 Å². The lowest BCUT2D eigenvalue weighted by atomic mass is 10.0. The van der Waals surface area contributed by atoms with Gasteiger partial charge in [-0.2, -0.15) is 5.26 Å². The number of nitriles is 1. The van der Waals surface area contributed by atoms with Crippen molar-refractivity contribution in [2.45, 2.75) is 5.92 Å². The molecule has 1 aliphatic carbocycles. The van der Waals surface area contributed by atoms with E-state index in [1.165, 1.54) is 5.56 Å². The van der Waals surface area contributed by atoms with Gasteiger partial charge >= 0.3 is 1.43 Å². The third kappa shape index (κ3) is 0.841. The van der Waals surface area contributed by atoms with Crippen LogP contribution in [0, 0.1) is 11.3 Å². The molecule has 1 heteroatoms. The topological polar surface area (TPSA) is 23.8 Å². The first-order chi connectivity index (χ1) is 5.42. The first kappa shape index (κ1) is 6.18. The number of allylic oxidation sites excluding steroid dienone is 1. The molecule has 0 radical (unpaired) electrons. The average Bonchev–Trinajstić information content (AvgIpc) is 2.47. The molecular weight excluding hydrogens is 134 g/mol. The summed E-state index contributed by atoms with van der Waals surface area (Å²) in [5, 5.41) is 8.71. The SMILES string of the molecule is N#CC1C=Cc2ccccc21.[H+]. The highest BCUT2D eigenvalue weighted by molar-refractivity contribution is 5.63. The molecule has 0 fully saturated rings. The van der Waals surface area contributed by atoms with Crippen LogP contribution < -0.4 is 0 Å². The third-order valence-corrected chi connectivity index (χ3v) is 1.94. The number of hydrogen-bond acceptors (Lipinski definition) is 1. The van der Waals surface area contributed by atoms with Gasteiger partial charge in [0.2, 0.25) is 0 Å². The fourth-order valence-electron chi connectivity index (χ4n) is 1.36. The molecule has 1 nitrogen and oxygen atoms in total. The summed E-state index contributed by atoms with van der Waals surface area (Å²) in [4.78, 5) is 0. The van der Waals surface area contributed by atoms with Crippen LogP contribution in [0.15, 0.2) is 30.3 Å². The minimum Gasteiger partial charge on any atom is -0.197 e. The molecule has 0 saturated heterocycles. The normalized spacial score (nSPS) is 19.4. The van der Waals surface area contributed by atoms with Gasteiger partial charge in [-0.3, -0.25) is 0 Å². The van der Waals surface area contributed by atoms with Crippen LogP contribution in [0.4, 0.5) is 0 Å². The second-order valence-electron chi connectivity index (χ2n) is 2.59. The number of rotatable bonds is 0. The van der Waals surface area contributed by atoms with Crippen molar-refractivity contribution in [2.75, 3.05) is 0 Å². The van der Waals surface area contributed by atoms with Crippen LogP contribution in [0.2, 0.25) is 0 Å². The number of benzene rings is 1. The van der Waals surface area contributed by atoms with Gasteiger partial charge in [-0.25, -0.2) is 0 Å². The molecule has 1 aromatic rings. The molecular formula is C10H8N+. The minimum absolute atomic E-state index is 0. The van der Waals surface area contributed by atoms with Crippen molar-refractivity contribution < 1.29 is 1.43 Å². The summed E-state index contributed by atoms with van der Waals surface area (Å²) >= 11 is 0. The molecule has 11 heavy (non-hydrogen) atoms.